The number of aliphatic hydroxyl groups excluding tert-OH is 1. The summed E-state index contributed by atoms with van der Waals surface area (Å²) in [6, 6.07) is 6.86. The van der Waals surface area contributed by atoms with Gasteiger partial charge in [-0.25, -0.2) is 0 Å². The number of aliphatic hydroxyl groups is 1. The molecule has 0 aromatic heterocycles. The van der Waals surface area contributed by atoms with Crippen LogP contribution < -0.4 is 0 Å². The number of benzene rings is 1. The Bertz CT molecular complexity index is 593. The SMILES string of the molecule is O=C1CC(c2ccccc2C2CC(O)OC2=O)C(=O)O1. The van der Waals surface area contributed by atoms with Crippen LogP contribution >= 0.6 is 0 Å². The number of ether oxygens (including phenoxy) is 2. The van der Waals surface area contributed by atoms with E-state index in [0.29, 0.717) is 11.1 Å². The topological polar surface area (TPSA) is 89.9 Å². The number of carbonyl (C=O) groups excluding carboxylic acids is 3. The van der Waals surface area contributed by atoms with Gasteiger partial charge in [-0.2, -0.15) is 0 Å². The molecular formula is C14H12O6. The van der Waals surface area contributed by atoms with Crippen LogP contribution in [0.15, 0.2) is 24.3 Å². The van der Waals surface area contributed by atoms with Crippen molar-refractivity contribution in [3.8, 4) is 0 Å². The summed E-state index contributed by atoms with van der Waals surface area (Å²) in [7, 11) is 0. The summed E-state index contributed by atoms with van der Waals surface area (Å²) in [5, 5.41) is 9.39. The second kappa shape index (κ2) is 4.72. The molecule has 2 heterocycles. The van der Waals surface area contributed by atoms with Crippen LogP contribution in [-0.4, -0.2) is 29.3 Å². The van der Waals surface area contributed by atoms with Gasteiger partial charge in [0.15, 0.2) is 0 Å². The van der Waals surface area contributed by atoms with Crippen molar-refractivity contribution in [3.05, 3.63) is 35.4 Å². The monoisotopic (exact) mass is 276 g/mol. The lowest BCUT2D eigenvalue weighted by Gasteiger charge is -2.14. The number of hydrogen-bond donors (Lipinski definition) is 1. The lowest BCUT2D eigenvalue weighted by atomic mass is 9.86. The van der Waals surface area contributed by atoms with E-state index in [1.165, 1.54) is 0 Å². The van der Waals surface area contributed by atoms with E-state index in [1.807, 2.05) is 0 Å². The maximum atomic E-state index is 11.7. The van der Waals surface area contributed by atoms with E-state index >= 15 is 0 Å². The second-order valence-electron chi connectivity index (χ2n) is 4.86. The van der Waals surface area contributed by atoms with E-state index in [0.717, 1.165) is 0 Å². The van der Waals surface area contributed by atoms with Gasteiger partial charge in [0, 0.05) is 6.42 Å². The Morgan fingerprint density at radius 1 is 1.00 bits per heavy atom. The van der Waals surface area contributed by atoms with E-state index in [9.17, 15) is 19.5 Å². The molecule has 3 unspecified atom stereocenters. The zero-order chi connectivity index (χ0) is 14.3. The minimum atomic E-state index is -1.13. The highest BCUT2D eigenvalue weighted by atomic mass is 16.6. The average Bonchev–Trinajstić information content (AvgIpc) is 2.91. The molecule has 1 aromatic rings. The molecule has 6 heteroatoms. The summed E-state index contributed by atoms with van der Waals surface area (Å²) in [6.45, 7) is 0. The van der Waals surface area contributed by atoms with Crippen LogP contribution in [0.3, 0.4) is 0 Å². The number of esters is 3. The Labute approximate surface area is 114 Å². The number of rotatable bonds is 2. The molecule has 0 bridgehead atoms. The molecule has 0 spiro atoms. The average molecular weight is 276 g/mol. The molecule has 104 valence electrons. The molecular weight excluding hydrogens is 264 g/mol. The molecule has 1 N–H and O–H groups in total. The van der Waals surface area contributed by atoms with Crippen LogP contribution in [0.1, 0.15) is 35.8 Å². The minimum absolute atomic E-state index is 0.0276. The van der Waals surface area contributed by atoms with Crippen molar-refractivity contribution < 1.29 is 29.0 Å². The first kappa shape index (κ1) is 12.8. The molecule has 3 rings (SSSR count). The Morgan fingerprint density at radius 3 is 2.15 bits per heavy atom. The van der Waals surface area contributed by atoms with Crippen LogP contribution in [0.4, 0.5) is 0 Å². The minimum Gasteiger partial charge on any atom is -0.435 e. The highest BCUT2D eigenvalue weighted by Gasteiger charge is 2.40. The van der Waals surface area contributed by atoms with Crippen molar-refractivity contribution in [2.75, 3.05) is 0 Å². The van der Waals surface area contributed by atoms with Crippen molar-refractivity contribution in [1.29, 1.82) is 0 Å². The molecule has 20 heavy (non-hydrogen) atoms. The first-order valence-electron chi connectivity index (χ1n) is 6.28. The predicted molar refractivity (Wildman–Crippen MR) is 64.4 cm³/mol. The Balaban J connectivity index is 1.99. The van der Waals surface area contributed by atoms with Gasteiger partial charge in [-0.15, -0.1) is 0 Å². The molecule has 2 aliphatic heterocycles. The largest absolute Gasteiger partial charge is 0.435 e. The zero-order valence-electron chi connectivity index (χ0n) is 10.4. The van der Waals surface area contributed by atoms with E-state index < -0.39 is 36.0 Å². The smallest absolute Gasteiger partial charge is 0.321 e. The van der Waals surface area contributed by atoms with E-state index in [2.05, 4.69) is 4.74 Å². The molecule has 0 saturated carbocycles. The van der Waals surface area contributed by atoms with Crippen LogP contribution in [-0.2, 0) is 23.9 Å². The van der Waals surface area contributed by atoms with Crippen molar-refractivity contribution in [1.82, 2.24) is 0 Å². The van der Waals surface area contributed by atoms with Crippen LogP contribution in [0.5, 0.6) is 0 Å². The van der Waals surface area contributed by atoms with Crippen molar-refractivity contribution in [3.63, 3.8) is 0 Å². The van der Waals surface area contributed by atoms with Gasteiger partial charge in [0.2, 0.25) is 6.29 Å². The van der Waals surface area contributed by atoms with Gasteiger partial charge in [-0.1, -0.05) is 24.3 Å². The summed E-state index contributed by atoms with van der Waals surface area (Å²) < 4.78 is 9.28. The van der Waals surface area contributed by atoms with Gasteiger partial charge < -0.3 is 14.6 Å². The lowest BCUT2D eigenvalue weighted by Crippen LogP contribution is -2.13. The van der Waals surface area contributed by atoms with Gasteiger partial charge in [-0.05, 0) is 11.1 Å². The highest BCUT2D eigenvalue weighted by Crippen LogP contribution is 2.37. The first-order valence-corrected chi connectivity index (χ1v) is 6.28. The summed E-state index contributed by atoms with van der Waals surface area (Å²) in [6.07, 6.45) is -1.01. The number of cyclic esters (lactones) is 3. The maximum absolute atomic E-state index is 11.7. The maximum Gasteiger partial charge on any atom is 0.321 e. The molecule has 2 aliphatic rings. The van der Waals surface area contributed by atoms with Crippen molar-refractivity contribution >= 4 is 17.9 Å². The second-order valence-corrected chi connectivity index (χ2v) is 4.86. The lowest BCUT2D eigenvalue weighted by molar-refractivity contribution is -0.155. The van der Waals surface area contributed by atoms with Crippen LogP contribution in [0, 0.1) is 0 Å². The molecule has 2 saturated heterocycles. The molecule has 0 radical (unpaired) electrons. The summed E-state index contributed by atoms with van der Waals surface area (Å²) >= 11 is 0. The molecule has 1 aromatic carbocycles. The standard InChI is InChI=1S/C14H12O6/c15-11-5-9(13(17)19-11)7-3-1-2-4-8(7)10-6-12(16)20-14(10)18/h1-4,9-11,15H,5-6H2. The van der Waals surface area contributed by atoms with Crippen molar-refractivity contribution in [2.45, 2.75) is 31.0 Å². The van der Waals surface area contributed by atoms with E-state index in [4.69, 9.17) is 4.74 Å². The summed E-state index contributed by atoms with van der Waals surface area (Å²) in [5.74, 6) is -3.00. The third-order valence-corrected chi connectivity index (χ3v) is 3.59. The molecule has 0 amide bonds. The summed E-state index contributed by atoms with van der Waals surface area (Å²) in [4.78, 5) is 34.6. The third-order valence-electron chi connectivity index (χ3n) is 3.59. The predicted octanol–water partition coefficient (Wildman–Crippen LogP) is 0.593. The van der Waals surface area contributed by atoms with E-state index in [-0.39, 0.29) is 12.8 Å². The molecule has 6 nitrogen and oxygen atoms in total. The molecule has 0 aliphatic carbocycles. The Kier molecular flexibility index (Phi) is 3.02. The van der Waals surface area contributed by atoms with Crippen LogP contribution in [0.25, 0.3) is 0 Å². The normalized spacial score (nSPS) is 29.4. The fourth-order valence-electron chi connectivity index (χ4n) is 2.67. The summed E-state index contributed by atoms with van der Waals surface area (Å²) in [5.41, 5.74) is 1.19. The third kappa shape index (κ3) is 2.08. The number of carbonyl (C=O) groups is 3. The van der Waals surface area contributed by atoms with E-state index in [1.54, 1.807) is 24.3 Å². The fourth-order valence-corrected chi connectivity index (χ4v) is 2.67. The first-order chi connectivity index (χ1) is 9.56. The van der Waals surface area contributed by atoms with Gasteiger partial charge in [0.25, 0.3) is 0 Å². The highest BCUT2D eigenvalue weighted by molar-refractivity contribution is 5.98. The Morgan fingerprint density at radius 2 is 1.65 bits per heavy atom. The Hall–Kier alpha value is -2.21. The van der Waals surface area contributed by atoms with Crippen LogP contribution in [0.2, 0.25) is 0 Å². The van der Waals surface area contributed by atoms with Gasteiger partial charge in [0.05, 0.1) is 18.3 Å². The molecule has 3 atom stereocenters. The fraction of sp³-hybridized carbons (Fsp3) is 0.357. The number of hydrogen-bond acceptors (Lipinski definition) is 6. The van der Waals surface area contributed by atoms with Gasteiger partial charge in [-0.3, -0.25) is 14.4 Å². The van der Waals surface area contributed by atoms with Gasteiger partial charge in [0.1, 0.15) is 0 Å². The quantitative estimate of drug-likeness (QED) is 0.628. The van der Waals surface area contributed by atoms with Crippen molar-refractivity contribution in [2.24, 2.45) is 0 Å². The molecule has 2 fully saturated rings. The van der Waals surface area contributed by atoms with Gasteiger partial charge >= 0.3 is 17.9 Å². The zero-order valence-corrected chi connectivity index (χ0v) is 10.4.